The van der Waals surface area contributed by atoms with E-state index in [0.717, 1.165) is 4.57 Å². The van der Waals surface area contributed by atoms with E-state index in [1.165, 1.54) is 24.4 Å². The lowest BCUT2D eigenvalue weighted by atomic mass is 10.1. The number of phenolic OH excluding ortho intramolecular Hbond substituents is 1. The smallest absolute Gasteiger partial charge is 0.330 e. The number of nitrogens with zero attached hydrogens (tertiary/aromatic N) is 1. The Morgan fingerprint density at radius 1 is 1.31 bits per heavy atom. The van der Waals surface area contributed by atoms with E-state index in [2.05, 4.69) is 9.71 Å². The van der Waals surface area contributed by atoms with Crippen molar-refractivity contribution in [3.05, 3.63) is 62.9 Å². The van der Waals surface area contributed by atoms with Gasteiger partial charge in [0, 0.05) is 24.9 Å². The van der Waals surface area contributed by atoms with Crippen molar-refractivity contribution in [3.8, 4) is 5.75 Å². The standard InChI is InChI=1S/C16H21N3O6S/c1-12(13-4-2-5-14(20)10-13)18-26(23,24)9-3-8-25-11-19-7-6-15(21)17-16(19)22/h2,4-7,10,12,18,20H,3,8-9,11H2,1H3,(H,17,21,22)/t12-/m1/s1. The summed E-state index contributed by atoms with van der Waals surface area (Å²) >= 11 is 0. The lowest BCUT2D eigenvalue weighted by Crippen LogP contribution is -2.30. The highest BCUT2D eigenvalue weighted by molar-refractivity contribution is 7.89. The molecule has 1 heterocycles. The molecule has 3 N–H and O–H groups in total. The molecule has 0 aliphatic rings. The molecule has 10 heteroatoms. The largest absolute Gasteiger partial charge is 0.508 e. The van der Waals surface area contributed by atoms with Crippen LogP contribution in [0.4, 0.5) is 0 Å². The fourth-order valence-electron chi connectivity index (χ4n) is 2.25. The number of rotatable bonds is 9. The summed E-state index contributed by atoms with van der Waals surface area (Å²) in [6.07, 6.45) is 1.54. The first-order valence-electron chi connectivity index (χ1n) is 7.93. The highest BCUT2D eigenvalue weighted by atomic mass is 32.2. The van der Waals surface area contributed by atoms with Crippen LogP contribution < -0.4 is 16.0 Å². The molecule has 0 amide bonds. The van der Waals surface area contributed by atoms with Crippen LogP contribution in [0.25, 0.3) is 0 Å². The number of aromatic nitrogens is 2. The van der Waals surface area contributed by atoms with E-state index in [1.54, 1.807) is 19.1 Å². The van der Waals surface area contributed by atoms with Gasteiger partial charge in [0.1, 0.15) is 12.5 Å². The number of phenols is 1. The molecule has 0 aliphatic carbocycles. The second-order valence-electron chi connectivity index (χ2n) is 5.72. The Hall–Kier alpha value is -2.43. The van der Waals surface area contributed by atoms with Crippen LogP contribution in [0.15, 0.2) is 46.1 Å². The number of nitrogens with one attached hydrogen (secondary N) is 2. The van der Waals surface area contributed by atoms with Crippen LogP contribution in [0.2, 0.25) is 0 Å². The number of benzene rings is 1. The number of aromatic hydroxyl groups is 1. The highest BCUT2D eigenvalue weighted by Gasteiger charge is 2.15. The van der Waals surface area contributed by atoms with E-state index in [-0.39, 0.29) is 31.3 Å². The topological polar surface area (TPSA) is 130 Å². The van der Waals surface area contributed by atoms with Crippen molar-refractivity contribution in [2.24, 2.45) is 0 Å². The summed E-state index contributed by atoms with van der Waals surface area (Å²) < 4.78 is 33.2. The van der Waals surface area contributed by atoms with Crippen molar-refractivity contribution in [1.82, 2.24) is 14.3 Å². The molecule has 0 spiro atoms. The molecule has 0 bridgehead atoms. The summed E-state index contributed by atoms with van der Waals surface area (Å²) in [7, 11) is -3.53. The van der Waals surface area contributed by atoms with Gasteiger partial charge in [-0.05, 0) is 31.0 Å². The number of hydrogen-bond acceptors (Lipinski definition) is 6. The third kappa shape index (κ3) is 6.14. The van der Waals surface area contributed by atoms with Gasteiger partial charge < -0.3 is 9.84 Å². The third-order valence-electron chi connectivity index (χ3n) is 3.56. The fraction of sp³-hybridized carbons (Fsp3) is 0.375. The van der Waals surface area contributed by atoms with E-state index in [1.807, 2.05) is 0 Å². The maximum absolute atomic E-state index is 12.1. The van der Waals surface area contributed by atoms with E-state index in [4.69, 9.17) is 4.74 Å². The number of sulfonamides is 1. The van der Waals surface area contributed by atoms with Crippen molar-refractivity contribution < 1.29 is 18.3 Å². The van der Waals surface area contributed by atoms with Gasteiger partial charge in [0.25, 0.3) is 5.56 Å². The highest BCUT2D eigenvalue weighted by Crippen LogP contribution is 2.18. The molecule has 2 rings (SSSR count). The minimum atomic E-state index is -3.53. The van der Waals surface area contributed by atoms with Crippen LogP contribution in [0, 0.1) is 0 Å². The molecule has 0 fully saturated rings. The van der Waals surface area contributed by atoms with E-state index >= 15 is 0 Å². The van der Waals surface area contributed by atoms with Crippen LogP contribution in [-0.4, -0.2) is 35.4 Å². The van der Waals surface area contributed by atoms with Gasteiger partial charge in [0.05, 0.1) is 5.75 Å². The Kier molecular flexibility index (Phi) is 6.72. The molecule has 0 radical (unpaired) electrons. The van der Waals surface area contributed by atoms with Crippen LogP contribution in [-0.2, 0) is 21.5 Å². The first-order valence-corrected chi connectivity index (χ1v) is 9.58. The molecular formula is C16H21N3O6S. The SMILES string of the molecule is C[C@@H](NS(=O)(=O)CCCOCn1ccc(=O)[nH]c1=O)c1cccc(O)c1. The van der Waals surface area contributed by atoms with Crippen molar-refractivity contribution in [2.75, 3.05) is 12.4 Å². The zero-order valence-electron chi connectivity index (χ0n) is 14.2. The fourth-order valence-corrected chi connectivity index (χ4v) is 3.54. The molecule has 0 saturated heterocycles. The average Bonchev–Trinajstić information content (AvgIpc) is 2.56. The van der Waals surface area contributed by atoms with Crippen LogP contribution in [0.1, 0.15) is 24.9 Å². The Labute approximate surface area is 150 Å². The first-order chi connectivity index (χ1) is 12.3. The molecule has 2 aromatic rings. The van der Waals surface area contributed by atoms with Gasteiger partial charge >= 0.3 is 5.69 Å². The molecule has 1 aromatic heterocycles. The molecule has 0 saturated carbocycles. The summed E-state index contributed by atoms with van der Waals surface area (Å²) in [6.45, 7) is 1.74. The molecule has 26 heavy (non-hydrogen) atoms. The van der Waals surface area contributed by atoms with E-state index in [0.29, 0.717) is 5.56 Å². The number of hydrogen-bond donors (Lipinski definition) is 3. The van der Waals surface area contributed by atoms with Gasteiger partial charge in [0.15, 0.2) is 0 Å². The molecule has 0 unspecified atom stereocenters. The van der Waals surface area contributed by atoms with Gasteiger partial charge in [-0.15, -0.1) is 0 Å². The lowest BCUT2D eigenvalue weighted by Gasteiger charge is -2.15. The van der Waals surface area contributed by atoms with Crippen molar-refractivity contribution in [3.63, 3.8) is 0 Å². The summed E-state index contributed by atoms with van der Waals surface area (Å²) in [4.78, 5) is 24.5. The normalized spacial score (nSPS) is 12.8. The van der Waals surface area contributed by atoms with Gasteiger partial charge in [-0.1, -0.05) is 12.1 Å². The molecule has 0 aliphatic heterocycles. The number of ether oxygens (including phenoxy) is 1. The molecular weight excluding hydrogens is 362 g/mol. The maximum atomic E-state index is 12.1. The predicted octanol–water partition coefficient (Wildman–Crippen LogP) is 0.287. The Morgan fingerprint density at radius 2 is 2.08 bits per heavy atom. The van der Waals surface area contributed by atoms with Crippen molar-refractivity contribution in [2.45, 2.75) is 26.1 Å². The monoisotopic (exact) mass is 383 g/mol. The second-order valence-corrected chi connectivity index (χ2v) is 7.60. The van der Waals surface area contributed by atoms with Crippen LogP contribution in [0.5, 0.6) is 5.75 Å². The van der Waals surface area contributed by atoms with Gasteiger partial charge in [-0.25, -0.2) is 17.9 Å². The lowest BCUT2D eigenvalue weighted by molar-refractivity contribution is 0.0744. The van der Waals surface area contributed by atoms with Crippen LogP contribution in [0.3, 0.4) is 0 Å². The summed E-state index contributed by atoms with van der Waals surface area (Å²) in [5.41, 5.74) is -0.432. The van der Waals surface area contributed by atoms with Crippen molar-refractivity contribution >= 4 is 10.0 Å². The van der Waals surface area contributed by atoms with Gasteiger partial charge in [0.2, 0.25) is 10.0 Å². The van der Waals surface area contributed by atoms with Crippen molar-refractivity contribution in [1.29, 1.82) is 0 Å². The third-order valence-corrected chi connectivity index (χ3v) is 5.09. The summed E-state index contributed by atoms with van der Waals surface area (Å²) in [5, 5.41) is 9.45. The van der Waals surface area contributed by atoms with Gasteiger partial charge in [-0.3, -0.25) is 14.3 Å². The Balaban J connectivity index is 1.77. The average molecular weight is 383 g/mol. The zero-order chi connectivity index (χ0) is 19.2. The minimum absolute atomic E-state index is 0.0689. The number of H-pyrrole nitrogens is 1. The minimum Gasteiger partial charge on any atom is -0.508 e. The summed E-state index contributed by atoms with van der Waals surface area (Å²) in [6, 6.07) is 7.09. The van der Waals surface area contributed by atoms with E-state index in [9.17, 15) is 23.1 Å². The Morgan fingerprint density at radius 3 is 2.77 bits per heavy atom. The van der Waals surface area contributed by atoms with E-state index < -0.39 is 27.3 Å². The molecule has 142 valence electrons. The molecule has 9 nitrogen and oxygen atoms in total. The maximum Gasteiger partial charge on any atom is 0.330 e. The second kappa shape index (κ2) is 8.79. The quantitative estimate of drug-likeness (QED) is 0.534. The Bertz CT molecular complexity index is 951. The first kappa shape index (κ1) is 19.9. The van der Waals surface area contributed by atoms with Gasteiger partial charge in [-0.2, -0.15) is 0 Å². The molecule has 1 atom stereocenters. The van der Waals surface area contributed by atoms with Crippen LogP contribution >= 0.6 is 0 Å². The predicted molar refractivity (Wildman–Crippen MR) is 95.3 cm³/mol. The molecule has 1 aromatic carbocycles. The summed E-state index contributed by atoms with van der Waals surface area (Å²) in [5.74, 6) is -0.0733. The zero-order valence-corrected chi connectivity index (χ0v) is 15.0. The number of aromatic amines is 1.